The molecule has 29 heavy (non-hydrogen) atoms. The lowest BCUT2D eigenvalue weighted by Crippen LogP contribution is -2.49. The molecule has 3 aromatic rings. The quantitative estimate of drug-likeness (QED) is 0.713. The lowest BCUT2D eigenvalue weighted by Gasteiger charge is -2.35. The van der Waals surface area contributed by atoms with Gasteiger partial charge in [-0.15, -0.1) is 0 Å². The summed E-state index contributed by atoms with van der Waals surface area (Å²) in [4.78, 5) is 25.6. The lowest BCUT2D eigenvalue weighted by atomic mass is 10.2. The zero-order valence-electron chi connectivity index (χ0n) is 16.5. The summed E-state index contributed by atoms with van der Waals surface area (Å²) in [6, 6.07) is 13.0. The number of piperazine rings is 1. The van der Waals surface area contributed by atoms with Gasteiger partial charge in [-0.3, -0.25) is 4.79 Å². The molecule has 1 aromatic carbocycles. The van der Waals surface area contributed by atoms with Crippen LogP contribution in [0.1, 0.15) is 16.2 Å². The van der Waals surface area contributed by atoms with E-state index in [9.17, 15) is 4.79 Å². The summed E-state index contributed by atoms with van der Waals surface area (Å²) >= 11 is 0. The molecule has 3 heterocycles. The van der Waals surface area contributed by atoms with Gasteiger partial charge in [0, 0.05) is 43.6 Å². The van der Waals surface area contributed by atoms with Crippen molar-refractivity contribution in [1.29, 1.82) is 0 Å². The first-order valence-corrected chi connectivity index (χ1v) is 9.47. The van der Waals surface area contributed by atoms with Crippen molar-refractivity contribution in [2.75, 3.05) is 43.5 Å². The van der Waals surface area contributed by atoms with Gasteiger partial charge in [-0.1, -0.05) is 0 Å². The number of nitrogens with zero attached hydrogens (tertiary/aromatic N) is 4. The molecule has 0 bridgehead atoms. The van der Waals surface area contributed by atoms with E-state index in [0.29, 0.717) is 37.9 Å². The fourth-order valence-electron chi connectivity index (χ4n) is 3.27. The summed E-state index contributed by atoms with van der Waals surface area (Å²) < 4.78 is 10.4. The number of rotatable bonds is 5. The van der Waals surface area contributed by atoms with E-state index in [1.807, 2.05) is 37.3 Å². The van der Waals surface area contributed by atoms with E-state index in [0.717, 1.165) is 22.9 Å². The Labute approximate surface area is 169 Å². The summed E-state index contributed by atoms with van der Waals surface area (Å²) in [6.45, 7) is 4.57. The average Bonchev–Trinajstić information content (AvgIpc) is 3.28. The molecule has 1 aliphatic heterocycles. The van der Waals surface area contributed by atoms with E-state index in [-0.39, 0.29) is 5.91 Å². The second-order valence-corrected chi connectivity index (χ2v) is 6.80. The van der Waals surface area contributed by atoms with Crippen LogP contribution in [0, 0.1) is 6.92 Å². The van der Waals surface area contributed by atoms with Crippen molar-refractivity contribution < 1.29 is 13.9 Å². The first kappa shape index (κ1) is 18.8. The van der Waals surface area contributed by atoms with Crippen molar-refractivity contribution in [3.63, 3.8) is 0 Å². The number of benzene rings is 1. The molecule has 0 atom stereocenters. The minimum Gasteiger partial charge on any atom is -0.497 e. The molecule has 1 saturated heterocycles. The molecule has 1 fully saturated rings. The normalized spacial score (nSPS) is 14.0. The van der Waals surface area contributed by atoms with E-state index in [1.165, 1.54) is 6.26 Å². The highest BCUT2D eigenvalue weighted by Crippen LogP contribution is 2.22. The minimum absolute atomic E-state index is 0.0737. The Balaban J connectivity index is 1.43. The summed E-state index contributed by atoms with van der Waals surface area (Å²) in [5, 5.41) is 3.24. The Morgan fingerprint density at radius 2 is 1.86 bits per heavy atom. The standard InChI is InChI=1S/C21H23N5O3/c1-15-14-19(24-21(22-15)23-16-5-7-17(28-2)8-6-16)25-9-11-26(12-10-25)20(27)18-4-3-13-29-18/h3-8,13-14H,9-12H2,1-2H3,(H,22,23,24). The van der Waals surface area contributed by atoms with Crippen LogP contribution in [-0.2, 0) is 0 Å². The SMILES string of the molecule is COc1ccc(Nc2nc(C)cc(N3CCN(C(=O)c4ccco4)CC3)n2)cc1. The molecule has 1 aliphatic rings. The number of carbonyl (C=O) groups is 1. The summed E-state index contributed by atoms with van der Waals surface area (Å²) in [6.07, 6.45) is 1.52. The van der Waals surface area contributed by atoms with Crippen LogP contribution in [0.2, 0.25) is 0 Å². The smallest absolute Gasteiger partial charge is 0.289 e. The second-order valence-electron chi connectivity index (χ2n) is 6.80. The summed E-state index contributed by atoms with van der Waals surface area (Å²) in [7, 11) is 1.64. The fraction of sp³-hybridized carbons (Fsp3) is 0.286. The zero-order chi connectivity index (χ0) is 20.2. The van der Waals surface area contributed by atoms with Crippen LogP contribution >= 0.6 is 0 Å². The Bertz CT molecular complexity index is 964. The molecule has 8 nitrogen and oxygen atoms in total. The lowest BCUT2D eigenvalue weighted by molar-refractivity contribution is 0.0714. The average molecular weight is 393 g/mol. The molecule has 1 amide bonds. The van der Waals surface area contributed by atoms with Crippen LogP contribution in [0.5, 0.6) is 5.75 Å². The number of aromatic nitrogens is 2. The van der Waals surface area contributed by atoms with Gasteiger partial charge in [-0.25, -0.2) is 4.98 Å². The van der Waals surface area contributed by atoms with E-state index < -0.39 is 0 Å². The molecule has 8 heteroatoms. The fourth-order valence-corrected chi connectivity index (χ4v) is 3.27. The Kier molecular flexibility index (Phi) is 5.33. The molecule has 0 aliphatic carbocycles. The van der Waals surface area contributed by atoms with Gasteiger partial charge < -0.3 is 24.3 Å². The van der Waals surface area contributed by atoms with Gasteiger partial charge in [-0.2, -0.15) is 4.98 Å². The van der Waals surface area contributed by atoms with Crippen LogP contribution in [0.15, 0.2) is 53.1 Å². The van der Waals surface area contributed by atoms with Crippen molar-refractivity contribution >= 4 is 23.4 Å². The second kappa shape index (κ2) is 8.22. The van der Waals surface area contributed by atoms with Crippen molar-refractivity contribution in [1.82, 2.24) is 14.9 Å². The minimum atomic E-state index is -0.0737. The van der Waals surface area contributed by atoms with Gasteiger partial charge in [-0.05, 0) is 43.3 Å². The number of anilines is 3. The predicted octanol–water partition coefficient (Wildman–Crippen LogP) is 3.09. The first-order chi connectivity index (χ1) is 14.1. The predicted molar refractivity (Wildman–Crippen MR) is 110 cm³/mol. The maximum Gasteiger partial charge on any atom is 0.289 e. The zero-order valence-corrected chi connectivity index (χ0v) is 16.5. The van der Waals surface area contributed by atoms with Crippen molar-refractivity contribution in [2.24, 2.45) is 0 Å². The molecule has 2 aromatic heterocycles. The number of amides is 1. The van der Waals surface area contributed by atoms with E-state index in [4.69, 9.17) is 9.15 Å². The molecule has 150 valence electrons. The van der Waals surface area contributed by atoms with E-state index in [1.54, 1.807) is 24.1 Å². The molecular weight excluding hydrogens is 370 g/mol. The van der Waals surface area contributed by atoms with Gasteiger partial charge in [0.2, 0.25) is 5.95 Å². The number of methoxy groups -OCH3 is 1. The summed E-state index contributed by atoms with van der Waals surface area (Å²) in [5.41, 5.74) is 1.76. The number of carbonyl (C=O) groups excluding carboxylic acids is 1. The molecule has 0 spiro atoms. The van der Waals surface area contributed by atoms with Gasteiger partial charge in [0.15, 0.2) is 5.76 Å². The molecule has 0 radical (unpaired) electrons. The van der Waals surface area contributed by atoms with Crippen LogP contribution in [0.4, 0.5) is 17.5 Å². The Morgan fingerprint density at radius 3 is 2.52 bits per heavy atom. The molecular formula is C21H23N5O3. The highest BCUT2D eigenvalue weighted by Gasteiger charge is 2.24. The topological polar surface area (TPSA) is 83.7 Å². The van der Waals surface area contributed by atoms with Gasteiger partial charge in [0.1, 0.15) is 11.6 Å². The third kappa shape index (κ3) is 4.31. The molecule has 0 unspecified atom stereocenters. The monoisotopic (exact) mass is 393 g/mol. The highest BCUT2D eigenvalue weighted by atomic mass is 16.5. The van der Waals surface area contributed by atoms with Crippen molar-refractivity contribution in [3.8, 4) is 5.75 Å². The van der Waals surface area contributed by atoms with Crippen molar-refractivity contribution in [2.45, 2.75) is 6.92 Å². The molecule has 4 rings (SSSR count). The third-order valence-corrected chi connectivity index (χ3v) is 4.81. The Hall–Kier alpha value is -3.55. The number of nitrogens with one attached hydrogen (secondary N) is 1. The van der Waals surface area contributed by atoms with Crippen LogP contribution < -0.4 is 15.0 Å². The van der Waals surface area contributed by atoms with Gasteiger partial charge in [0.25, 0.3) is 5.91 Å². The van der Waals surface area contributed by atoms with Gasteiger partial charge in [0.05, 0.1) is 13.4 Å². The molecule has 1 N–H and O–H groups in total. The Morgan fingerprint density at radius 1 is 1.10 bits per heavy atom. The maximum atomic E-state index is 12.4. The maximum absolute atomic E-state index is 12.4. The first-order valence-electron chi connectivity index (χ1n) is 9.47. The van der Waals surface area contributed by atoms with Crippen LogP contribution in [0.25, 0.3) is 0 Å². The van der Waals surface area contributed by atoms with Crippen LogP contribution in [-0.4, -0.2) is 54.1 Å². The number of furan rings is 1. The highest BCUT2D eigenvalue weighted by molar-refractivity contribution is 5.91. The van der Waals surface area contributed by atoms with E-state index in [2.05, 4.69) is 20.2 Å². The van der Waals surface area contributed by atoms with Crippen LogP contribution in [0.3, 0.4) is 0 Å². The van der Waals surface area contributed by atoms with Crippen molar-refractivity contribution in [3.05, 3.63) is 60.2 Å². The number of ether oxygens (including phenoxy) is 1. The van der Waals surface area contributed by atoms with E-state index >= 15 is 0 Å². The molecule has 0 saturated carbocycles. The largest absolute Gasteiger partial charge is 0.497 e. The number of aryl methyl sites for hydroxylation is 1. The number of hydrogen-bond donors (Lipinski definition) is 1. The van der Waals surface area contributed by atoms with Gasteiger partial charge >= 0.3 is 0 Å². The third-order valence-electron chi connectivity index (χ3n) is 4.81. The summed E-state index contributed by atoms with van der Waals surface area (Å²) in [5.74, 6) is 2.49. The number of hydrogen-bond acceptors (Lipinski definition) is 7.